The number of carbonyl (C=O) groups excluding carboxylic acids is 1. The minimum absolute atomic E-state index is 0.0572. The van der Waals surface area contributed by atoms with E-state index in [9.17, 15) is 4.79 Å². The minimum atomic E-state index is -0.373. The summed E-state index contributed by atoms with van der Waals surface area (Å²) in [5.41, 5.74) is -0.373. The van der Waals surface area contributed by atoms with Gasteiger partial charge in [-0.15, -0.1) is 11.8 Å². The Labute approximate surface area is 98.2 Å². The molecule has 2 atom stereocenters. The molecule has 0 rings (SSSR count). The van der Waals surface area contributed by atoms with E-state index in [0.29, 0.717) is 5.92 Å². The predicted octanol–water partition coefficient (Wildman–Crippen LogP) is 3.50. The lowest BCUT2D eigenvalue weighted by molar-refractivity contribution is -0.153. The van der Waals surface area contributed by atoms with E-state index in [1.807, 2.05) is 27.7 Å². The second-order valence-electron chi connectivity index (χ2n) is 5.02. The molecule has 0 aliphatic rings. The van der Waals surface area contributed by atoms with Gasteiger partial charge in [0.1, 0.15) is 5.60 Å². The van der Waals surface area contributed by atoms with Gasteiger partial charge in [-0.25, -0.2) is 0 Å². The van der Waals surface area contributed by atoms with Crippen molar-refractivity contribution in [1.29, 1.82) is 0 Å². The van der Waals surface area contributed by atoms with Gasteiger partial charge in [0.15, 0.2) is 0 Å². The Morgan fingerprint density at radius 3 is 2.27 bits per heavy atom. The summed E-state index contributed by atoms with van der Waals surface area (Å²) in [5, 5.41) is -0.0572. The number of rotatable bonds is 5. The van der Waals surface area contributed by atoms with Crippen LogP contribution in [0.25, 0.3) is 0 Å². The van der Waals surface area contributed by atoms with Gasteiger partial charge >= 0.3 is 5.97 Å². The third kappa shape index (κ3) is 7.71. The molecule has 2 nitrogen and oxygen atoms in total. The summed E-state index contributed by atoms with van der Waals surface area (Å²) in [5.74, 6) is 1.59. The van der Waals surface area contributed by atoms with E-state index in [1.54, 1.807) is 11.8 Å². The quantitative estimate of drug-likeness (QED) is 0.679. The molecule has 0 heterocycles. The SMILES string of the molecule is CCC(C)CSC(C)C(=O)OC(C)(C)C. The van der Waals surface area contributed by atoms with Crippen LogP contribution in [-0.4, -0.2) is 22.6 Å². The highest BCUT2D eigenvalue weighted by Gasteiger charge is 2.22. The van der Waals surface area contributed by atoms with Gasteiger partial charge in [0.25, 0.3) is 0 Å². The fourth-order valence-corrected chi connectivity index (χ4v) is 1.92. The van der Waals surface area contributed by atoms with Crippen molar-refractivity contribution < 1.29 is 9.53 Å². The Morgan fingerprint density at radius 1 is 1.33 bits per heavy atom. The molecule has 0 aromatic heterocycles. The fourth-order valence-electron chi connectivity index (χ4n) is 0.879. The van der Waals surface area contributed by atoms with Crippen LogP contribution in [0.4, 0.5) is 0 Å². The second-order valence-corrected chi connectivity index (χ2v) is 6.40. The summed E-state index contributed by atoms with van der Waals surface area (Å²) in [6.07, 6.45) is 1.16. The van der Waals surface area contributed by atoms with Crippen molar-refractivity contribution >= 4 is 17.7 Å². The average Bonchev–Trinajstić information content (AvgIpc) is 2.10. The van der Waals surface area contributed by atoms with Gasteiger partial charge in [0, 0.05) is 0 Å². The number of hydrogen-bond donors (Lipinski definition) is 0. The molecule has 0 aromatic rings. The molecule has 0 fully saturated rings. The van der Waals surface area contributed by atoms with E-state index in [4.69, 9.17) is 4.74 Å². The highest BCUT2D eigenvalue weighted by Crippen LogP contribution is 2.20. The molecule has 0 saturated carbocycles. The fraction of sp³-hybridized carbons (Fsp3) is 0.917. The third-order valence-electron chi connectivity index (χ3n) is 2.07. The maximum Gasteiger partial charge on any atom is 0.319 e. The number of ether oxygens (including phenoxy) is 1. The van der Waals surface area contributed by atoms with Crippen molar-refractivity contribution in [2.45, 2.75) is 58.8 Å². The van der Waals surface area contributed by atoms with Crippen LogP contribution in [0.5, 0.6) is 0 Å². The second kappa shape index (κ2) is 6.41. The van der Waals surface area contributed by atoms with E-state index >= 15 is 0 Å². The lowest BCUT2D eigenvalue weighted by atomic mass is 10.2. The number of hydrogen-bond acceptors (Lipinski definition) is 3. The first-order chi connectivity index (χ1) is 6.76. The lowest BCUT2D eigenvalue weighted by Gasteiger charge is -2.22. The largest absolute Gasteiger partial charge is 0.459 e. The molecular formula is C12H24O2S. The molecule has 0 radical (unpaired) electrons. The van der Waals surface area contributed by atoms with Crippen molar-refractivity contribution in [2.75, 3.05) is 5.75 Å². The van der Waals surface area contributed by atoms with Crippen LogP contribution >= 0.6 is 11.8 Å². The summed E-state index contributed by atoms with van der Waals surface area (Å²) in [6.45, 7) is 12.0. The first kappa shape index (κ1) is 14.8. The minimum Gasteiger partial charge on any atom is -0.459 e. The number of carbonyl (C=O) groups is 1. The predicted molar refractivity (Wildman–Crippen MR) is 67.2 cm³/mol. The summed E-state index contributed by atoms with van der Waals surface area (Å²) in [4.78, 5) is 11.6. The van der Waals surface area contributed by atoms with Crippen molar-refractivity contribution in [3.63, 3.8) is 0 Å². The molecular weight excluding hydrogens is 208 g/mol. The highest BCUT2D eigenvalue weighted by molar-refractivity contribution is 8.00. The zero-order valence-corrected chi connectivity index (χ0v) is 11.6. The van der Waals surface area contributed by atoms with Crippen molar-refractivity contribution in [3.8, 4) is 0 Å². The third-order valence-corrected chi connectivity index (χ3v) is 3.52. The first-order valence-electron chi connectivity index (χ1n) is 5.60. The molecule has 3 heteroatoms. The van der Waals surface area contributed by atoms with Gasteiger partial charge in [-0.1, -0.05) is 20.3 Å². The van der Waals surface area contributed by atoms with Crippen molar-refractivity contribution in [2.24, 2.45) is 5.92 Å². The molecule has 0 saturated heterocycles. The molecule has 0 aliphatic carbocycles. The van der Waals surface area contributed by atoms with Crippen LogP contribution in [0.1, 0.15) is 48.0 Å². The lowest BCUT2D eigenvalue weighted by Crippen LogP contribution is -2.29. The van der Waals surface area contributed by atoms with Crippen LogP contribution < -0.4 is 0 Å². The molecule has 0 N–H and O–H groups in total. The molecule has 90 valence electrons. The van der Waals surface area contributed by atoms with E-state index in [2.05, 4.69) is 13.8 Å². The van der Waals surface area contributed by atoms with Gasteiger partial charge in [-0.3, -0.25) is 4.79 Å². The van der Waals surface area contributed by atoms with E-state index in [0.717, 1.165) is 12.2 Å². The van der Waals surface area contributed by atoms with E-state index < -0.39 is 0 Å². The highest BCUT2D eigenvalue weighted by atomic mass is 32.2. The summed E-state index contributed by atoms with van der Waals surface area (Å²) in [6, 6.07) is 0. The molecule has 0 spiro atoms. The molecule has 0 bridgehead atoms. The Hall–Kier alpha value is -0.180. The van der Waals surface area contributed by atoms with Gasteiger partial charge in [-0.2, -0.15) is 0 Å². The first-order valence-corrected chi connectivity index (χ1v) is 6.65. The van der Waals surface area contributed by atoms with Crippen LogP contribution in [0.3, 0.4) is 0 Å². The molecule has 2 unspecified atom stereocenters. The molecule has 0 amide bonds. The number of thioether (sulfide) groups is 1. The van der Waals surface area contributed by atoms with E-state index in [1.165, 1.54) is 0 Å². The normalized spacial score (nSPS) is 15.9. The van der Waals surface area contributed by atoms with Crippen molar-refractivity contribution in [3.05, 3.63) is 0 Å². The van der Waals surface area contributed by atoms with Gasteiger partial charge < -0.3 is 4.74 Å². The maximum atomic E-state index is 11.6. The Bertz CT molecular complexity index is 196. The molecule has 0 aliphatic heterocycles. The standard InChI is InChI=1S/C12H24O2S/c1-7-9(2)8-15-10(3)11(13)14-12(4,5)6/h9-10H,7-8H2,1-6H3. The van der Waals surface area contributed by atoms with Gasteiger partial charge in [0.2, 0.25) is 0 Å². The van der Waals surface area contributed by atoms with Gasteiger partial charge in [0.05, 0.1) is 5.25 Å². The zero-order chi connectivity index (χ0) is 12.1. The van der Waals surface area contributed by atoms with Crippen LogP contribution in [0.2, 0.25) is 0 Å². The Balaban J connectivity index is 3.90. The molecule has 15 heavy (non-hydrogen) atoms. The zero-order valence-electron chi connectivity index (χ0n) is 10.8. The smallest absolute Gasteiger partial charge is 0.319 e. The Morgan fingerprint density at radius 2 is 1.87 bits per heavy atom. The van der Waals surface area contributed by atoms with Crippen molar-refractivity contribution in [1.82, 2.24) is 0 Å². The summed E-state index contributed by atoms with van der Waals surface area (Å²) < 4.78 is 5.31. The Kier molecular flexibility index (Phi) is 6.34. The maximum absolute atomic E-state index is 11.6. The summed E-state index contributed by atoms with van der Waals surface area (Å²) in [7, 11) is 0. The molecule has 0 aromatic carbocycles. The number of esters is 1. The van der Waals surface area contributed by atoms with Crippen LogP contribution in [0.15, 0.2) is 0 Å². The summed E-state index contributed by atoms with van der Waals surface area (Å²) >= 11 is 1.68. The topological polar surface area (TPSA) is 26.3 Å². The van der Waals surface area contributed by atoms with Gasteiger partial charge in [-0.05, 0) is 39.4 Å². The monoisotopic (exact) mass is 232 g/mol. The van der Waals surface area contributed by atoms with E-state index in [-0.39, 0.29) is 16.8 Å². The van der Waals surface area contributed by atoms with Crippen LogP contribution in [-0.2, 0) is 9.53 Å². The average molecular weight is 232 g/mol. The van der Waals surface area contributed by atoms with Crippen LogP contribution in [0, 0.1) is 5.92 Å².